The maximum Gasteiger partial charge on any atom is 0.341 e. The van der Waals surface area contributed by atoms with Gasteiger partial charge in [-0.25, -0.2) is 14.2 Å². The zero-order valence-electron chi connectivity index (χ0n) is 15.2. The highest BCUT2D eigenvalue weighted by molar-refractivity contribution is 5.92. The number of nitrogens with zero attached hydrogens (tertiary/aromatic N) is 3. The molecule has 0 aromatic carbocycles. The normalized spacial score (nSPS) is 23.0. The Kier molecular flexibility index (Phi) is 4.38. The molecule has 0 spiro atoms. The molecular formula is C19H23FN4O3. The van der Waals surface area contributed by atoms with E-state index in [1.807, 2.05) is 4.90 Å². The van der Waals surface area contributed by atoms with Gasteiger partial charge in [-0.2, -0.15) is 0 Å². The maximum atomic E-state index is 14.8. The van der Waals surface area contributed by atoms with Crippen molar-refractivity contribution >= 4 is 22.8 Å². The number of aromatic nitrogens is 2. The van der Waals surface area contributed by atoms with Crippen molar-refractivity contribution in [2.45, 2.75) is 44.7 Å². The van der Waals surface area contributed by atoms with E-state index in [2.05, 4.69) is 11.9 Å². The Morgan fingerprint density at radius 1 is 1.41 bits per heavy atom. The number of hydrogen-bond donors (Lipinski definition) is 2. The quantitative estimate of drug-likeness (QED) is 0.850. The molecule has 2 atom stereocenters. The second-order valence-corrected chi connectivity index (χ2v) is 7.55. The van der Waals surface area contributed by atoms with Crippen LogP contribution < -0.4 is 16.1 Å². The largest absolute Gasteiger partial charge is 0.477 e. The number of carbonyl (C=O) groups is 1. The first-order valence-corrected chi connectivity index (χ1v) is 9.40. The molecule has 2 aliphatic rings. The summed E-state index contributed by atoms with van der Waals surface area (Å²) in [7, 11) is 0. The predicted molar refractivity (Wildman–Crippen MR) is 99.8 cm³/mol. The van der Waals surface area contributed by atoms with Gasteiger partial charge in [-0.1, -0.05) is 13.3 Å². The zero-order chi connectivity index (χ0) is 19.3. The summed E-state index contributed by atoms with van der Waals surface area (Å²) in [6, 6.07) is 1.17. The smallest absolute Gasteiger partial charge is 0.341 e. The number of nitrogens with two attached hydrogens (primary N) is 1. The van der Waals surface area contributed by atoms with Crippen LogP contribution in [0.25, 0.3) is 11.0 Å². The van der Waals surface area contributed by atoms with Crippen LogP contribution in [0.1, 0.15) is 49.0 Å². The first-order chi connectivity index (χ1) is 12.9. The van der Waals surface area contributed by atoms with E-state index in [1.54, 1.807) is 4.57 Å². The zero-order valence-corrected chi connectivity index (χ0v) is 15.2. The van der Waals surface area contributed by atoms with E-state index >= 15 is 0 Å². The Labute approximate surface area is 155 Å². The highest BCUT2D eigenvalue weighted by Gasteiger charge is 2.31. The maximum absolute atomic E-state index is 14.8. The van der Waals surface area contributed by atoms with Crippen molar-refractivity contribution in [3.8, 4) is 0 Å². The topological polar surface area (TPSA) is 101 Å². The van der Waals surface area contributed by atoms with Crippen molar-refractivity contribution in [1.82, 2.24) is 9.55 Å². The van der Waals surface area contributed by atoms with Crippen molar-refractivity contribution in [2.75, 3.05) is 18.0 Å². The molecule has 1 aliphatic carbocycles. The molecule has 2 aromatic rings. The molecule has 1 saturated carbocycles. The molecule has 0 bridgehead atoms. The van der Waals surface area contributed by atoms with Crippen LogP contribution >= 0.6 is 0 Å². The highest BCUT2D eigenvalue weighted by atomic mass is 19.1. The van der Waals surface area contributed by atoms with Gasteiger partial charge < -0.3 is 20.3 Å². The van der Waals surface area contributed by atoms with Crippen LogP contribution in [0.5, 0.6) is 0 Å². The summed E-state index contributed by atoms with van der Waals surface area (Å²) < 4.78 is 16.5. The van der Waals surface area contributed by atoms with Gasteiger partial charge in [0, 0.05) is 31.4 Å². The summed E-state index contributed by atoms with van der Waals surface area (Å²) in [5.41, 5.74) is 5.52. The van der Waals surface area contributed by atoms with Gasteiger partial charge in [-0.15, -0.1) is 0 Å². The third kappa shape index (κ3) is 3.07. The van der Waals surface area contributed by atoms with E-state index in [9.17, 15) is 19.1 Å². The molecule has 0 radical (unpaired) electrons. The van der Waals surface area contributed by atoms with E-state index < -0.39 is 17.2 Å². The van der Waals surface area contributed by atoms with Crippen LogP contribution in [0, 0.1) is 11.7 Å². The Morgan fingerprint density at radius 2 is 2.15 bits per heavy atom. The molecule has 2 fully saturated rings. The first-order valence-electron chi connectivity index (χ1n) is 9.40. The predicted octanol–water partition coefficient (Wildman–Crippen LogP) is 2.13. The van der Waals surface area contributed by atoms with Crippen LogP contribution in [0.2, 0.25) is 0 Å². The minimum Gasteiger partial charge on any atom is -0.477 e. The minimum atomic E-state index is -1.31. The fourth-order valence-corrected chi connectivity index (χ4v) is 3.97. The third-order valence-electron chi connectivity index (χ3n) is 5.74. The molecule has 7 nitrogen and oxygen atoms in total. The number of piperidine rings is 1. The number of aromatic carboxylic acids is 1. The van der Waals surface area contributed by atoms with Gasteiger partial charge in [-0.3, -0.25) is 4.79 Å². The Balaban J connectivity index is 1.84. The third-order valence-corrected chi connectivity index (χ3v) is 5.74. The van der Waals surface area contributed by atoms with Crippen LogP contribution in [0.3, 0.4) is 0 Å². The van der Waals surface area contributed by atoms with Gasteiger partial charge in [0.15, 0.2) is 11.6 Å². The molecule has 1 aliphatic heterocycles. The summed E-state index contributed by atoms with van der Waals surface area (Å²) in [5, 5.41) is 9.32. The molecule has 4 rings (SSSR count). The molecule has 3 heterocycles. The Hall–Kier alpha value is -2.48. The summed E-state index contributed by atoms with van der Waals surface area (Å²) in [4.78, 5) is 30.2. The Morgan fingerprint density at radius 3 is 2.74 bits per heavy atom. The molecule has 0 unspecified atom stereocenters. The number of fused-ring (bicyclic) bond motifs is 1. The van der Waals surface area contributed by atoms with Crippen molar-refractivity contribution in [3.63, 3.8) is 0 Å². The number of carboxylic acid groups (broad SMARTS) is 1. The number of hydrogen-bond acceptors (Lipinski definition) is 5. The van der Waals surface area contributed by atoms with Crippen molar-refractivity contribution < 1.29 is 14.3 Å². The highest BCUT2D eigenvalue weighted by Crippen LogP contribution is 2.37. The summed E-state index contributed by atoms with van der Waals surface area (Å²) in [6.45, 7) is 3.26. The molecule has 0 amide bonds. The fraction of sp³-hybridized carbons (Fsp3) is 0.526. The standard InChI is InChI=1S/C19H23FN4O3/c1-2-10-5-6-23(9-15(10)21)18-14(20)7-12-16(25)13(19(26)27)8-24(11-3-4-11)17(12)22-18/h7-8,10-11,15H,2-6,9,21H2,1H3,(H,26,27)/t10-,15-/m1/s1. The summed E-state index contributed by atoms with van der Waals surface area (Å²) in [6.07, 6.45) is 4.97. The molecule has 2 aromatic heterocycles. The van der Waals surface area contributed by atoms with E-state index in [0.29, 0.717) is 24.7 Å². The summed E-state index contributed by atoms with van der Waals surface area (Å²) in [5.74, 6) is -1.34. The first kappa shape index (κ1) is 17.9. The van der Waals surface area contributed by atoms with E-state index in [4.69, 9.17) is 5.73 Å². The number of pyridine rings is 2. The van der Waals surface area contributed by atoms with Crippen molar-refractivity contribution in [3.05, 3.63) is 33.9 Å². The number of carboxylic acids is 1. The monoisotopic (exact) mass is 374 g/mol. The summed E-state index contributed by atoms with van der Waals surface area (Å²) >= 11 is 0. The lowest BCUT2D eigenvalue weighted by atomic mass is 9.90. The van der Waals surface area contributed by atoms with Gasteiger partial charge in [0.2, 0.25) is 5.43 Å². The van der Waals surface area contributed by atoms with Crippen LogP contribution in [-0.2, 0) is 0 Å². The average Bonchev–Trinajstić information content (AvgIpc) is 3.46. The molecule has 8 heteroatoms. The fourth-order valence-electron chi connectivity index (χ4n) is 3.97. The SMILES string of the molecule is CC[C@@H]1CCN(c2nc3c(cc2F)c(=O)c(C(=O)O)cn3C2CC2)C[C@H]1N. The van der Waals surface area contributed by atoms with Gasteiger partial charge >= 0.3 is 5.97 Å². The van der Waals surface area contributed by atoms with E-state index in [0.717, 1.165) is 31.7 Å². The second kappa shape index (κ2) is 6.60. The second-order valence-electron chi connectivity index (χ2n) is 7.55. The molecule has 3 N–H and O–H groups in total. The van der Waals surface area contributed by atoms with Gasteiger partial charge in [0.25, 0.3) is 0 Å². The van der Waals surface area contributed by atoms with Gasteiger partial charge in [-0.05, 0) is 31.2 Å². The minimum absolute atomic E-state index is 0.00999. The van der Waals surface area contributed by atoms with Crippen molar-refractivity contribution in [1.29, 1.82) is 0 Å². The lowest BCUT2D eigenvalue weighted by Gasteiger charge is -2.37. The van der Waals surface area contributed by atoms with Crippen LogP contribution in [0.15, 0.2) is 17.1 Å². The number of rotatable bonds is 4. The molecular weight excluding hydrogens is 351 g/mol. The van der Waals surface area contributed by atoms with Crippen LogP contribution in [-0.4, -0.2) is 39.8 Å². The lowest BCUT2D eigenvalue weighted by molar-refractivity contribution is 0.0695. The van der Waals surface area contributed by atoms with Gasteiger partial charge in [0.1, 0.15) is 11.2 Å². The molecule has 144 valence electrons. The number of anilines is 1. The average molecular weight is 374 g/mol. The van der Waals surface area contributed by atoms with E-state index in [1.165, 1.54) is 6.20 Å². The lowest BCUT2D eigenvalue weighted by Crippen LogP contribution is -2.49. The van der Waals surface area contributed by atoms with Crippen LogP contribution in [0.4, 0.5) is 10.2 Å². The molecule has 27 heavy (non-hydrogen) atoms. The number of halogens is 1. The Bertz CT molecular complexity index is 970. The van der Waals surface area contributed by atoms with E-state index in [-0.39, 0.29) is 28.9 Å². The van der Waals surface area contributed by atoms with Crippen molar-refractivity contribution in [2.24, 2.45) is 11.7 Å². The van der Waals surface area contributed by atoms with Gasteiger partial charge in [0.05, 0.1) is 5.39 Å². The molecule has 1 saturated heterocycles.